The summed E-state index contributed by atoms with van der Waals surface area (Å²) in [5, 5.41) is 3.39. The lowest BCUT2D eigenvalue weighted by atomic mass is 9.98. The summed E-state index contributed by atoms with van der Waals surface area (Å²) in [6.45, 7) is 5.17. The fourth-order valence-electron chi connectivity index (χ4n) is 3.17. The van der Waals surface area contributed by atoms with Crippen molar-refractivity contribution < 1.29 is 4.79 Å². The average Bonchev–Trinajstić information content (AvgIpc) is 2.71. The molecule has 4 nitrogen and oxygen atoms in total. The zero-order valence-electron chi connectivity index (χ0n) is 17.5. The number of pyridine rings is 1. The first-order valence-electron chi connectivity index (χ1n) is 10.0. The number of hydrogen-bond acceptors (Lipinski definition) is 4. The summed E-state index contributed by atoms with van der Waals surface area (Å²) in [7, 11) is 4.15. The Bertz CT molecular complexity index is 694. The predicted octanol–water partition coefficient (Wildman–Crippen LogP) is 4.71. The molecule has 1 aromatic carbocycles. The van der Waals surface area contributed by atoms with Crippen molar-refractivity contribution in [3.05, 3.63) is 66.0 Å². The van der Waals surface area contributed by atoms with Crippen LogP contribution in [-0.2, 0) is 4.79 Å². The Morgan fingerprint density at radius 1 is 1.14 bits per heavy atom. The van der Waals surface area contributed by atoms with E-state index in [1.807, 2.05) is 49.1 Å². The van der Waals surface area contributed by atoms with Gasteiger partial charge in [-0.05, 0) is 37.7 Å². The van der Waals surface area contributed by atoms with Crippen molar-refractivity contribution in [1.82, 2.24) is 15.2 Å². The molecule has 5 heteroatoms. The lowest BCUT2D eigenvalue weighted by Crippen LogP contribution is -2.35. The van der Waals surface area contributed by atoms with Gasteiger partial charge in [-0.15, -0.1) is 0 Å². The Morgan fingerprint density at radius 3 is 2.46 bits per heavy atom. The van der Waals surface area contributed by atoms with Gasteiger partial charge in [0.2, 0.25) is 5.91 Å². The Labute approximate surface area is 174 Å². The third-order valence-corrected chi connectivity index (χ3v) is 6.27. The molecule has 1 heterocycles. The molecule has 3 unspecified atom stereocenters. The zero-order chi connectivity index (χ0) is 20.4. The first-order valence-corrected chi connectivity index (χ1v) is 11.1. The second kappa shape index (κ2) is 11.9. The van der Waals surface area contributed by atoms with Crippen LogP contribution in [-0.4, -0.2) is 42.2 Å². The highest BCUT2D eigenvalue weighted by atomic mass is 32.2. The van der Waals surface area contributed by atoms with Crippen molar-refractivity contribution >= 4 is 17.7 Å². The van der Waals surface area contributed by atoms with E-state index in [0.717, 1.165) is 30.7 Å². The van der Waals surface area contributed by atoms with E-state index < -0.39 is 0 Å². The van der Waals surface area contributed by atoms with Crippen molar-refractivity contribution in [2.45, 2.75) is 38.0 Å². The topological polar surface area (TPSA) is 45.2 Å². The van der Waals surface area contributed by atoms with Crippen LogP contribution in [0.5, 0.6) is 0 Å². The monoisotopic (exact) mass is 399 g/mol. The molecule has 28 heavy (non-hydrogen) atoms. The molecule has 152 valence electrons. The van der Waals surface area contributed by atoms with Crippen LogP contribution < -0.4 is 5.32 Å². The van der Waals surface area contributed by atoms with Crippen LogP contribution in [0.3, 0.4) is 0 Å². The van der Waals surface area contributed by atoms with Gasteiger partial charge in [0.05, 0.1) is 12.0 Å². The zero-order valence-corrected chi connectivity index (χ0v) is 18.3. The second-order valence-corrected chi connectivity index (χ2v) is 8.68. The number of benzene rings is 1. The van der Waals surface area contributed by atoms with Gasteiger partial charge < -0.3 is 10.2 Å². The number of aromatic nitrogens is 1. The van der Waals surface area contributed by atoms with E-state index in [-0.39, 0.29) is 23.1 Å². The van der Waals surface area contributed by atoms with E-state index in [0.29, 0.717) is 0 Å². The highest BCUT2D eigenvalue weighted by Gasteiger charge is 2.28. The predicted molar refractivity (Wildman–Crippen MR) is 119 cm³/mol. The van der Waals surface area contributed by atoms with Crippen molar-refractivity contribution in [2.75, 3.05) is 26.4 Å². The molecule has 0 aliphatic rings. The van der Waals surface area contributed by atoms with Gasteiger partial charge in [0.25, 0.3) is 0 Å². The molecule has 0 fully saturated rings. The van der Waals surface area contributed by atoms with Gasteiger partial charge >= 0.3 is 0 Å². The Balaban J connectivity index is 2.12. The minimum atomic E-state index is -0.139. The number of nitrogens with zero attached hydrogens (tertiary/aromatic N) is 2. The molecule has 2 aromatic rings. The summed E-state index contributed by atoms with van der Waals surface area (Å²) in [5.74, 6) is 0.939. The van der Waals surface area contributed by atoms with Gasteiger partial charge in [-0.2, -0.15) is 11.8 Å². The Kier molecular flexibility index (Phi) is 9.51. The summed E-state index contributed by atoms with van der Waals surface area (Å²) in [6, 6.07) is 14.3. The van der Waals surface area contributed by atoms with Crippen molar-refractivity contribution in [2.24, 2.45) is 5.92 Å². The molecular formula is C23H33N3OS. The third-order valence-electron chi connectivity index (χ3n) is 4.81. The van der Waals surface area contributed by atoms with E-state index in [1.165, 1.54) is 5.56 Å². The number of carbonyl (C=O) groups is 1. The fourth-order valence-corrected chi connectivity index (χ4v) is 4.64. The molecule has 0 aliphatic carbocycles. The summed E-state index contributed by atoms with van der Waals surface area (Å²) >= 11 is 1.83. The van der Waals surface area contributed by atoms with Gasteiger partial charge in [-0.25, -0.2) is 0 Å². The van der Waals surface area contributed by atoms with Gasteiger partial charge in [-0.3, -0.25) is 9.78 Å². The fraction of sp³-hybridized carbons (Fsp3) is 0.478. The number of nitrogens with one attached hydrogen (secondary N) is 1. The largest absolute Gasteiger partial charge is 0.349 e. The molecule has 0 radical (unpaired) electrons. The molecular weight excluding hydrogens is 366 g/mol. The van der Waals surface area contributed by atoms with E-state index >= 15 is 0 Å². The first kappa shape index (κ1) is 22.4. The average molecular weight is 400 g/mol. The number of thioether (sulfide) groups is 1. The number of amides is 1. The van der Waals surface area contributed by atoms with Gasteiger partial charge in [0.1, 0.15) is 0 Å². The standard InChI is InChI=1S/C23H33N3OS/c1-5-10-21(19-11-7-6-8-12-19)25-23(27)18(2)22(28-16-15-26(3)4)20-13-9-14-24-17-20/h6-9,11-14,17-18,21-22H,5,10,15-16H2,1-4H3,(H,25,27). The van der Waals surface area contributed by atoms with Crippen LogP contribution in [0, 0.1) is 5.92 Å². The SMILES string of the molecule is CCCC(NC(=O)C(C)C(SCCN(C)C)c1cccnc1)c1ccccc1. The maximum Gasteiger partial charge on any atom is 0.224 e. The lowest BCUT2D eigenvalue weighted by Gasteiger charge is -2.27. The van der Waals surface area contributed by atoms with Crippen molar-refractivity contribution in [3.8, 4) is 0 Å². The minimum absolute atomic E-state index is 0.0578. The lowest BCUT2D eigenvalue weighted by molar-refractivity contribution is -0.125. The number of rotatable bonds is 11. The number of hydrogen-bond donors (Lipinski definition) is 1. The molecule has 1 amide bonds. The highest BCUT2D eigenvalue weighted by molar-refractivity contribution is 7.99. The molecule has 0 saturated carbocycles. The van der Waals surface area contributed by atoms with Crippen LogP contribution in [0.2, 0.25) is 0 Å². The maximum absolute atomic E-state index is 13.2. The molecule has 1 aromatic heterocycles. The Hall–Kier alpha value is -1.85. The summed E-state index contributed by atoms with van der Waals surface area (Å²) < 4.78 is 0. The van der Waals surface area contributed by atoms with E-state index in [4.69, 9.17) is 0 Å². The molecule has 1 N–H and O–H groups in total. The summed E-state index contributed by atoms with van der Waals surface area (Å²) in [6.07, 6.45) is 5.63. The van der Waals surface area contributed by atoms with E-state index in [2.05, 4.69) is 54.4 Å². The van der Waals surface area contributed by atoms with Crippen LogP contribution in [0.25, 0.3) is 0 Å². The highest BCUT2D eigenvalue weighted by Crippen LogP contribution is 2.36. The Morgan fingerprint density at radius 2 is 1.86 bits per heavy atom. The van der Waals surface area contributed by atoms with Crippen LogP contribution in [0.4, 0.5) is 0 Å². The normalized spacial score (nSPS) is 14.5. The number of carbonyl (C=O) groups excluding carboxylic acids is 1. The third kappa shape index (κ3) is 6.95. The smallest absolute Gasteiger partial charge is 0.224 e. The summed E-state index contributed by atoms with van der Waals surface area (Å²) in [4.78, 5) is 19.6. The van der Waals surface area contributed by atoms with Crippen molar-refractivity contribution in [1.29, 1.82) is 0 Å². The molecule has 0 bridgehead atoms. The molecule has 0 spiro atoms. The van der Waals surface area contributed by atoms with Crippen molar-refractivity contribution in [3.63, 3.8) is 0 Å². The quantitative estimate of drug-likeness (QED) is 0.594. The summed E-state index contributed by atoms with van der Waals surface area (Å²) in [5.41, 5.74) is 2.28. The van der Waals surface area contributed by atoms with E-state index in [9.17, 15) is 4.79 Å². The van der Waals surface area contributed by atoms with Crippen LogP contribution in [0.1, 0.15) is 49.1 Å². The maximum atomic E-state index is 13.2. The van der Waals surface area contributed by atoms with Crippen LogP contribution >= 0.6 is 11.8 Å². The molecule has 0 aliphatic heterocycles. The van der Waals surface area contributed by atoms with Gasteiger partial charge in [0.15, 0.2) is 0 Å². The van der Waals surface area contributed by atoms with Gasteiger partial charge in [-0.1, -0.05) is 56.7 Å². The second-order valence-electron chi connectivity index (χ2n) is 7.43. The molecule has 0 saturated heterocycles. The molecule has 2 rings (SSSR count). The van der Waals surface area contributed by atoms with E-state index in [1.54, 1.807) is 6.20 Å². The first-order chi connectivity index (χ1) is 13.5. The van der Waals surface area contributed by atoms with Gasteiger partial charge in [0, 0.05) is 29.9 Å². The molecule has 3 atom stereocenters. The van der Waals surface area contributed by atoms with Crippen LogP contribution in [0.15, 0.2) is 54.9 Å². The minimum Gasteiger partial charge on any atom is -0.349 e.